The molecule has 5 heteroatoms. The highest BCUT2D eigenvalue weighted by Crippen LogP contribution is 2.07. The highest BCUT2D eigenvalue weighted by Gasteiger charge is 2.08. The molecule has 3 N–H and O–H groups in total. The van der Waals surface area contributed by atoms with Crippen molar-refractivity contribution in [2.24, 2.45) is 0 Å². The number of aromatic nitrogens is 1. The van der Waals surface area contributed by atoms with Crippen LogP contribution in [0.15, 0.2) is 18.5 Å². The van der Waals surface area contributed by atoms with Crippen LogP contribution in [0.4, 0.5) is 5.69 Å². The first-order valence-corrected chi connectivity index (χ1v) is 6.20. The number of nitrogens with zero attached hydrogens (tertiary/aromatic N) is 1. The summed E-state index contributed by atoms with van der Waals surface area (Å²) in [5, 5.41) is 2.81. The topological polar surface area (TPSA) is 77.2 Å². The zero-order valence-electron chi connectivity index (χ0n) is 11.0. The summed E-state index contributed by atoms with van der Waals surface area (Å²) in [7, 11) is 0. The van der Waals surface area contributed by atoms with Gasteiger partial charge in [-0.2, -0.15) is 0 Å². The summed E-state index contributed by atoms with van der Waals surface area (Å²) in [5.41, 5.74) is 6.56. The smallest absolute Gasteiger partial charge is 0.254 e. The maximum atomic E-state index is 11.7. The summed E-state index contributed by atoms with van der Waals surface area (Å²) in [6.07, 6.45) is 5.12. The third-order valence-electron chi connectivity index (χ3n) is 2.41. The molecule has 0 radical (unpaired) electrons. The fourth-order valence-electron chi connectivity index (χ4n) is 1.44. The number of anilines is 1. The summed E-state index contributed by atoms with van der Waals surface area (Å²) in [6, 6.07) is 1.62. The van der Waals surface area contributed by atoms with Crippen LogP contribution in [0.3, 0.4) is 0 Å². The van der Waals surface area contributed by atoms with E-state index < -0.39 is 0 Å². The van der Waals surface area contributed by atoms with Gasteiger partial charge in [0.2, 0.25) is 0 Å². The van der Waals surface area contributed by atoms with Crippen molar-refractivity contribution in [3.63, 3.8) is 0 Å². The normalized spacial score (nSPS) is 10.6. The lowest BCUT2D eigenvalue weighted by atomic mass is 10.2. The van der Waals surface area contributed by atoms with E-state index in [2.05, 4.69) is 10.3 Å². The minimum atomic E-state index is -0.176. The molecule has 0 unspecified atom stereocenters. The fraction of sp³-hybridized carbons (Fsp3) is 0.538. The highest BCUT2D eigenvalue weighted by atomic mass is 16.5. The lowest BCUT2D eigenvalue weighted by Crippen LogP contribution is -2.25. The monoisotopic (exact) mass is 251 g/mol. The van der Waals surface area contributed by atoms with Crippen molar-refractivity contribution < 1.29 is 9.53 Å². The molecule has 0 atom stereocenters. The van der Waals surface area contributed by atoms with E-state index in [0.717, 1.165) is 19.4 Å². The first kappa shape index (κ1) is 14.4. The van der Waals surface area contributed by atoms with Crippen molar-refractivity contribution in [3.8, 4) is 0 Å². The molecule has 0 saturated heterocycles. The van der Waals surface area contributed by atoms with Crippen molar-refractivity contribution in [1.29, 1.82) is 0 Å². The number of carbonyl (C=O) groups is 1. The molecule has 0 aromatic carbocycles. The quantitative estimate of drug-likeness (QED) is 0.722. The number of nitrogens with two attached hydrogens (primary N) is 1. The van der Waals surface area contributed by atoms with Gasteiger partial charge in [-0.25, -0.2) is 0 Å². The molecule has 0 aliphatic rings. The summed E-state index contributed by atoms with van der Waals surface area (Å²) < 4.78 is 5.41. The summed E-state index contributed by atoms with van der Waals surface area (Å²) >= 11 is 0. The Labute approximate surface area is 108 Å². The number of carbonyl (C=O) groups excluding carboxylic acids is 1. The van der Waals surface area contributed by atoms with Crippen molar-refractivity contribution in [2.45, 2.75) is 32.8 Å². The molecule has 1 aromatic rings. The summed E-state index contributed by atoms with van der Waals surface area (Å²) in [4.78, 5) is 15.6. The maximum absolute atomic E-state index is 11.7. The van der Waals surface area contributed by atoms with E-state index in [1.165, 1.54) is 6.20 Å². The van der Waals surface area contributed by atoms with Crippen LogP contribution in [-0.2, 0) is 4.74 Å². The van der Waals surface area contributed by atoms with Crippen molar-refractivity contribution in [3.05, 3.63) is 24.0 Å². The number of nitrogens with one attached hydrogen (secondary N) is 1. The predicted molar refractivity (Wildman–Crippen MR) is 71.3 cm³/mol. The average Bonchev–Trinajstić information content (AvgIpc) is 2.33. The largest absolute Gasteiger partial charge is 0.398 e. The number of amides is 1. The molecular weight excluding hydrogens is 230 g/mol. The number of rotatable bonds is 7. The number of hydrogen-bond donors (Lipinski definition) is 2. The molecule has 0 fully saturated rings. The molecule has 1 aromatic heterocycles. The van der Waals surface area contributed by atoms with Crippen LogP contribution >= 0.6 is 0 Å². The van der Waals surface area contributed by atoms with Gasteiger partial charge in [0.05, 0.1) is 11.7 Å². The molecule has 1 rings (SSSR count). The van der Waals surface area contributed by atoms with Crippen molar-refractivity contribution >= 4 is 11.6 Å². The van der Waals surface area contributed by atoms with Crippen LogP contribution < -0.4 is 11.1 Å². The molecular formula is C13H21N3O2. The van der Waals surface area contributed by atoms with Gasteiger partial charge in [-0.1, -0.05) is 0 Å². The molecule has 1 amide bonds. The van der Waals surface area contributed by atoms with Crippen molar-refractivity contribution in [1.82, 2.24) is 10.3 Å². The van der Waals surface area contributed by atoms with Gasteiger partial charge in [0, 0.05) is 31.2 Å². The Bertz CT molecular complexity index is 380. The second-order valence-electron chi connectivity index (χ2n) is 4.35. The lowest BCUT2D eigenvalue weighted by molar-refractivity contribution is 0.0754. The third-order valence-corrected chi connectivity index (χ3v) is 2.41. The standard InChI is InChI=1S/C13H21N3O2/c1-10(2)18-8-4-3-6-16-13(17)11-9-15-7-5-12(11)14/h5,7,9-10H,3-4,6,8H2,1-2H3,(H2,14,15)(H,16,17). The third kappa shape index (κ3) is 5.14. The van der Waals surface area contributed by atoms with Gasteiger partial charge in [-0.3, -0.25) is 9.78 Å². The lowest BCUT2D eigenvalue weighted by Gasteiger charge is -2.08. The predicted octanol–water partition coefficient (Wildman–Crippen LogP) is 1.60. The molecule has 100 valence electrons. The van der Waals surface area contributed by atoms with E-state index in [4.69, 9.17) is 10.5 Å². The molecule has 1 heterocycles. The van der Waals surface area contributed by atoms with E-state index >= 15 is 0 Å². The van der Waals surface area contributed by atoms with Gasteiger partial charge >= 0.3 is 0 Å². The molecule has 5 nitrogen and oxygen atoms in total. The number of ether oxygens (including phenoxy) is 1. The Morgan fingerprint density at radius 1 is 1.50 bits per heavy atom. The molecule has 0 aliphatic heterocycles. The molecule has 0 saturated carbocycles. The number of nitrogen functional groups attached to an aromatic ring is 1. The average molecular weight is 251 g/mol. The van der Waals surface area contributed by atoms with Gasteiger partial charge in [-0.15, -0.1) is 0 Å². The van der Waals surface area contributed by atoms with Crippen LogP contribution in [0.1, 0.15) is 37.0 Å². The van der Waals surface area contributed by atoms with Crippen LogP contribution in [0.5, 0.6) is 0 Å². The summed E-state index contributed by atoms with van der Waals surface area (Å²) in [5.74, 6) is -0.176. The Balaban J connectivity index is 2.20. The van der Waals surface area contributed by atoms with E-state index in [0.29, 0.717) is 17.8 Å². The van der Waals surface area contributed by atoms with E-state index in [9.17, 15) is 4.79 Å². The minimum Gasteiger partial charge on any atom is -0.398 e. The van der Waals surface area contributed by atoms with Crippen LogP contribution in [0.25, 0.3) is 0 Å². The van der Waals surface area contributed by atoms with Gasteiger partial charge in [0.15, 0.2) is 0 Å². The van der Waals surface area contributed by atoms with Crippen molar-refractivity contribution in [2.75, 3.05) is 18.9 Å². The Morgan fingerprint density at radius 3 is 2.94 bits per heavy atom. The van der Waals surface area contributed by atoms with E-state index in [1.54, 1.807) is 12.3 Å². The zero-order chi connectivity index (χ0) is 13.4. The fourth-order valence-corrected chi connectivity index (χ4v) is 1.44. The number of pyridine rings is 1. The Morgan fingerprint density at radius 2 is 2.28 bits per heavy atom. The number of unbranched alkanes of at least 4 members (excludes halogenated alkanes) is 1. The maximum Gasteiger partial charge on any atom is 0.254 e. The second kappa shape index (κ2) is 7.66. The summed E-state index contributed by atoms with van der Waals surface area (Å²) in [6.45, 7) is 5.36. The van der Waals surface area contributed by atoms with Crippen LogP contribution in [-0.4, -0.2) is 30.1 Å². The molecule has 0 spiro atoms. The minimum absolute atomic E-state index is 0.176. The first-order chi connectivity index (χ1) is 8.61. The van der Waals surface area contributed by atoms with Gasteiger partial charge in [-0.05, 0) is 32.8 Å². The molecule has 18 heavy (non-hydrogen) atoms. The highest BCUT2D eigenvalue weighted by molar-refractivity contribution is 5.98. The van der Waals surface area contributed by atoms with Gasteiger partial charge < -0.3 is 15.8 Å². The van der Waals surface area contributed by atoms with Gasteiger partial charge in [0.25, 0.3) is 5.91 Å². The Kier molecular flexibility index (Phi) is 6.14. The zero-order valence-corrected chi connectivity index (χ0v) is 11.0. The van der Waals surface area contributed by atoms with Crippen LogP contribution in [0.2, 0.25) is 0 Å². The first-order valence-electron chi connectivity index (χ1n) is 6.20. The SMILES string of the molecule is CC(C)OCCCCNC(=O)c1cnccc1N. The van der Waals surface area contributed by atoms with Crippen LogP contribution in [0, 0.1) is 0 Å². The number of hydrogen-bond acceptors (Lipinski definition) is 4. The second-order valence-corrected chi connectivity index (χ2v) is 4.35. The molecule has 0 aliphatic carbocycles. The Hall–Kier alpha value is -1.62. The van der Waals surface area contributed by atoms with Gasteiger partial charge in [0.1, 0.15) is 0 Å². The van der Waals surface area contributed by atoms with E-state index in [-0.39, 0.29) is 12.0 Å². The molecule has 0 bridgehead atoms. The van der Waals surface area contributed by atoms with E-state index in [1.807, 2.05) is 13.8 Å².